The molecule has 1 aromatic carbocycles. The number of nitrogens with two attached hydrogens (primary N) is 1. The summed E-state index contributed by atoms with van der Waals surface area (Å²) in [5.41, 5.74) is 7.27. The zero-order chi connectivity index (χ0) is 13.5. The summed E-state index contributed by atoms with van der Waals surface area (Å²) in [4.78, 5) is 12.7. The summed E-state index contributed by atoms with van der Waals surface area (Å²) in [6, 6.07) is 5.41. The SMILES string of the molecule is COc1cccc(NCCNC(=O)N(C)C)c1N. The Kier molecular flexibility index (Phi) is 5.10. The molecule has 0 spiro atoms. The van der Waals surface area contributed by atoms with Crippen LogP contribution in [0.25, 0.3) is 0 Å². The number of carbonyl (C=O) groups excluding carboxylic acids is 1. The Morgan fingerprint density at radius 3 is 2.72 bits per heavy atom. The second-order valence-corrected chi connectivity index (χ2v) is 3.97. The minimum Gasteiger partial charge on any atom is -0.495 e. The van der Waals surface area contributed by atoms with E-state index < -0.39 is 0 Å². The van der Waals surface area contributed by atoms with Gasteiger partial charge in [0.1, 0.15) is 5.75 Å². The Bertz CT molecular complexity index is 407. The summed E-state index contributed by atoms with van der Waals surface area (Å²) in [6.07, 6.45) is 0. The molecule has 0 aromatic heterocycles. The van der Waals surface area contributed by atoms with Gasteiger partial charge in [-0.05, 0) is 12.1 Å². The summed E-state index contributed by atoms with van der Waals surface area (Å²) in [7, 11) is 4.97. The van der Waals surface area contributed by atoms with Crippen LogP contribution in [0.3, 0.4) is 0 Å². The van der Waals surface area contributed by atoms with Crippen molar-refractivity contribution >= 4 is 17.4 Å². The van der Waals surface area contributed by atoms with Gasteiger partial charge in [0.2, 0.25) is 0 Å². The van der Waals surface area contributed by atoms with E-state index in [1.165, 1.54) is 4.90 Å². The molecule has 6 heteroatoms. The second-order valence-electron chi connectivity index (χ2n) is 3.97. The normalized spacial score (nSPS) is 9.72. The monoisotopic (exact) mass is 252 g/mol. The Hall–Kier alpha value is -2.11. The molecule has 0 aliphatic heterocycles. The average molecular weight is 252 g/mol. The molecule has 1 aromatic rings. The number of rotatable bonds is 5. The van der Waals surface area contributed by atoms with Crippen LogP contribution in [0.1, 0.15) is 0 Å². The summed E-state index contributed by atoms with van der Waals surface area (Å²) >= 11 is 0. The van der Waals surface area contributed by atoms with E-state index >= 15 is 0 Å². The van der Waals surface area contributed by atoms with Crippen LogP contribution in [0.2, 0.25) is 0 Å². The van der Waals surface area contributed by atoms with Crippen LogP contribution in [0, 0.1) is 0 Å². The number of urea groups is 1. The van der Waals surface area contributed by atoms with E-state index in [0.29, 0.717) is 24.5 Å². The zero-order valence-corrected chi connectivity index (χ0v) is 11.0. The molecule has 0 saturated heterocycles. The lowest BCUT2D eigenvalue weighted by Crippen LogP contribution is -2.37. The van der Waals surface area contributed by atoms with E-state index in [4.69, 9.17) is 10.5 Å². The number of anilines is 2. The highest BCUT2D eigenvalue weighted by Crippen LogP contribution is 2.28. The van der Waals surface area contributed by atoms with E-state index in [2.05, 4.69) is 10.6 Å². The van der Waals surface area contributed by atoms with Gasteiger partial charge in [-0.15, -0.1) is 0 Å². The molecular weight excluding hydrogens is 232 g/mol. The van der Waals surface area contributed by atoms with Gasteiger partial charge in [-0.3, -0.25) is 0 Å². The van der Waals surface area contributed by atoms with Crippen molar-refractivity contribution in [2.75, 3.05) is 45.3 Å². The summed E-state index contributed by atoms with van der Waals surface area (Å²) < 4.78 is 5.12. The first kappa shape index (κ1) is 14.0. The topological polar surface area (TPSA) is 79.6 Å². The van der Waals surface area contributed by atoms with E-state index in [-0.39, 0.29) is 6.03 Å². The molecule has 0 aliphatic rings. The molecule has 6 nitrogen and oxygen atoms in total. The van der Waals surface area contributed by atoms with Crippen molar-refractivity contribution in [2.24, 2.45) is 0 Å². The van der Waals surface area contributed by atoms with Crippen molar-refractivity contribution in [1.29, 1.82) is 0 Å². The maximum Gasteiger partial charge on any atom is 0.316 e. The molecule has 0 fully saturated rings. The Labute approximate surface area is 107 Å². The minimum atomic E-state index is -0.115. The van der Waals surface area contributed by atoms with Crippen LogP contribution in [-0.2, 0) is 0 Å². The summed E-state index contributed by atoms with van der Waals surface area (Å²) in [6.45, 7) is 1.12. The van der Waals surface area contributed by atoms with Crippen molar-refractivity contribution in [2.45, 2.75) is 0 Å². The molecule has 0 saturated carbocycles. The number of carbonyl (C=O) groups is 1. The third kappa shape index (κ3) is 3.73. The van der Waals surface area contributed by atoms with Crippen LogP contribution in [-0.4, -0.2) is 45.2 Å². The molecule has 0 radical (unpaired) electrons. The second kappa shape index (κ2) is 6.58. The van der Waals surface area contributed by atoms with Crippen LogP contribution in [0.4, 0.5) is 16.2 Å². The fraction of sp³-hybridized carbons (Fsp3) is 0.417. The molecule has 0 unspecified atom stereocenters. The van der Waals surface area contributed by atoms with E-state index in [1.807, 2.05) is 12.1 Å². The Morgan fingerprint density at radius 2 is 2.11 bits per heavy atom. The molecule has 4 N–H and O–H groups in total. The van der Waals surface area contributed by atoms with Crippen molar-refractivity contribution in [1.82, 2.24) is 10.2 Å². The Balaban J connectivity index is 2.42. The number of nitrogen functional groups attached to an aromatic ring is 1. The molecular formula is C12H20N4O2. The lowest BCUT2D eigenvalue weighted by atomic mass is 10.2. The highest BCUT2D eigenvalue weighted by atomic mass is 16.5. The maximum atomic E-state index is 11.3. The first-order chi connectivity index (χ1) is 8.56. The van der Waals surface area contributed by atoms with Gasteiger partial charge >= 0.3 is 6.03 Å². The molecule has 0 bridgehead atoms. The van der Waals surface area contributed by atoms with Gasteiger partial charge in [0.25, 0.3) is 0 Å². The summed E-state index contributed by atoms with van der Waals surface area (Å²) in [5.74, 6) is 0.636. The number of methoxy groups -OCH3 is 1. The van der Waals surface area contributed by atoms with Crippen molar-refractivity contribution < 1.29 is 9.53 Å². The maximum absolute atomic E-state index is 11.3. The largest absolute Gasteiger partial charge is 0.495 e. The van der Waals surface area contributed by atoms with Gasteiger partial charge in [0.05, 0.1) is 18.5 Å². The number of nitrogens with zero attached hydrogens (tertiary/aromatic N) is 1. The minimum absolute atomic E-state index is 0.115. The van der Waals surface area contributed by atoms with Crippen molar-refractivity contribution in [3.63, 3.8) is 0 Å². The lowest BCUT2D eigenvalue weighted by Gasteiger charge is -2.14. The van der Waals surface area contributed by atoms with E-state index in [1.54, 1.807) is 27.3 Å². The number of hydrogen-bond acceptors (Lipinski definition) is 4. The number of ether oxygens (including phenoxy) is 1. The van der Waals surface area contributed by atoms with E-state index in [0.717, 1.165) is 5.69 Å². The number of hydrogen-bond donors (Lipinski definition) is 3. The van der Waals surface area contributed by atoms with Gasteiger partial charge < -0.3 is 26.0 Å². The first-order valence-electron chi connectivity index (χ1n) is 5.67. The van der Waals surface area contributed by atoms with Crippen LogP contribution in [0.15, 0.2) is 18.2 Å². The third-order valence-corrected chi connectivity index (χ3v) is 2.41. The van der Waals surface area contributed by atoms with Crippen LogP contribution in [0.5, 0.6) is 5.75 Å². The van der Waals surface area contributed by atoms with Gasteiger partial charge in [-0.25, -0.2) is 4.79 Å². The molecule has 0 heterocycles. The predicted molar refractivity (Wildman–Crippen MR) is 73.0 cm³/mol. The predicted octanol–water partition coefficient (Wildman–Crippen LogP) is 0.960. The zero-order valence-electron chi connectivity index (χ0n) is 11.0. The highest BCUT2D eigenvalue weighted by molar-refractivity contribution is 5.74. The van der Waals surface area contributed by atoms with Gasteiger partial charge in [-0.1, -0.05) is 6.07 Å². The number of nitrogens with one attached hydrogen (secondary N) is 2. The van der Waals surface area contributed by atoms with Crippen LogP contribution >= 0.6 is 0 Å². The van der Waals surface area contributed by atoms with Gasteiger partial charge in [-0.2, -0.15) is 0 Å². The fourth-order valence-electron chi connectivity index (χ4n) is 1.40. The lowest BCUT2D eigenvalue weighted by molar-refractivity contribution is 0.218. The number of para-hydroxylation sites is 1. The molecule has 2 amide bonds. The summed E-state index contributed by atoms with van der Waals surface area (Å²) in [5, 5.41) is 5.90. The Morgan fingerprint density at radius 1 is 1.39 bits per heavy atom. The number of amides is 2. The average Bonchev–Trinajstić information content (AvgIpc) is 2.35. The molecule has 100 valence electrons. The third-order valence-electron chi connectivity index (χ3n) is 2.41. The smallest absolute Gasteiger partial charge is 0.316 e. The molecule has 18 heavy (non-hydrogen) atoms. The van der Waals surface area contributed by atoms with Crippen molar-refractivity contribution in [3.8, 4) is 5.75 Å². The van der Waals surface area contributed by atoms with Crippen LogP contribution < -0.4 is 21.1 Å². The molecule has 1 rings (SSSR count). The van der Waals surface area contributed by atoms with Crippen molar-refractivity contribution in [3.05, 3.63) is 18.2 Å². The van der Waals surface area contributed by atoms with Gasteiger partial charge in [0, 0.05) is 27.2 Å². The molecule has 0 aliphatic carbocycles. The highest BCUT2D eigenvalue weighted by Gasteiger charge is 2.05. The van der Waals surface area contributed by atoms with Gasteiger partial charge in [0.15, 0.2) is 0 Å². The quantitative estimate of drug-likeness (QED) is 0.538. The number of benzene rings is 1. The molecule has 0 atom stereocenters. The van der Waals surface area contributed by atoms with E-state index in [9.17, 15) is 4.79 Å². The first-order valence-corrected chi connectivity index (χ1v) is 5.67. The fourth-order valence-corrected chi connectivity index (χ4v) is 1.40. The standard InChI is InChI=1S/C12H20N4O2/c1-16(2)12(17)15-8-7-14-9-5-4-6-10(18-3)11(9)13/h4-6,14H,7-8,13H2,1-3H3,(H,15,17).